The van der Waals surface area contributed by atoms with Crippen molar-refractivity contribution in [3.8, 4) is 0 Å². The fraction of sp³-hybridized carbons (Fsp3) is 0.300. The van der Waals surface area contributed by atoms with Crippen molar-refractivity contribution in [2.24, 2.45) is 22.4 Å². The number of nitrogens with one attached hydrogen (secondary N) is 1. The molecule has 1 aliphatic carbocycles. The van der Waals surface area contributed by atoms with Crippen LogP contribution in [0.3, 0.4) is 0 Å². The highest BCUT2D eigenvalue weighted by atomic mass is 35.5. The Balaban J connectivity index is 1.44. The number of halogens is 2. The third kappa shape index (κ3) is 7.65. The third-order valence-corrected chi connectivity index (χ3v) is 7.28. The Kier molecular flexibility index (Phi) is 9.32. The maximum absolute atomic E-state index is 13.8. The molecule has 0 radical (unpaired) electrons. The molecule has 5 N–H and O–H groups in total. The van der Waals surface area contributed by atoms with E-state index in [-0.39, 0.29) is 23.3 Å². The summed E-state index contributed by atoms with van der Waals surface area (Å²) in [7, 11) is 2.10. The van der Waals surface area contributed by atoms with Crippen molar-refractivity contribution < 1.29 is 14.0 Å². The SMILES string of the molecule is CN(CCc1ccccc1)Cc1ccc2c(c1)C[C@H](CN=C(N)N)[C@H]2NC(=O)C(=O)Cc1ccc(Cl)c(F)c1. The first-order valence-electron chi connectivity index (χ1n) is 12.9. The van der Waals surface area contributed by atoms with Gasteiger partial charge in [0.1, 0.15) is 5.82 Å². The number of amides is 1. The van der Waals surface area contributed by atoms with E-state index in [1.165, 1.54) is 23.8 Å². The monoisotopic (exact) mass is 549 g/mol. The van der Waals surface area contributed by atoms with Gasteiger partial charge in [-0.1, -0.05) is 66.2 Å². The molecule has 4 rings (SSSR count). The molecule has 1 amide bonds. The van der Waals surface area contributed by atoms with E-state index >= 15 is 0 Å². The zero-order valence-electron chi connectivity index (χ0n) is 21.9. The molecule has 1 aliphatic rings. The molecule has 2 atom stereocenters. The molecule has 3 aromatic rings. The average molecular weight is 550 g/mol. The quantitative estimate of drug-likeness (QED) is 0.192. The van der Waals surface area contributed by atoms with Crippen LogP contribution in [0.25, 0.3) is 0 Å². The number of nitrogens with zero attached hydrogens (tertiary/aromatic N) is 2. The van der Waals surface area contributed by atoms with Crippen molar-refractivity contribution in [2.45, 2.75) is 31.8 Å². The summed E-state index contributed by atoms with van der Waals surface area (Å²) < 4.78 is 13.8. The first kappa shape index (κ1) is 28.3. The van der Waals surface area contributed by atoms with Gasteiger partial charge in [0.2, 0.25) is 5.78 Å². The first-order valence-corrected chi connectivity index (χ1v) is 13.2. The maximum atomic E-state index is 13.8. The molecule has 3 aromatic carbocycles. The van der Waals surface area contributed by atoms with Crippen LogP contribution in [0.2, 0.25) is 5.02 Å². The number of likely N-dealkylation sites (N-methyl/N-ethyl adjacent to an activating group) is 1. The molecule has 0 saturated heterocycles. The normalized spacial score (nSPS) is 16.1. The Morgan fingerprint density at radius 3 is 2.51 bits per heavy atom. The van der Waals surface area contributed by atoms with Crippen LogP contribution in [0.4, 0.5) is 4.39 Å². The number of ketones is 1. The van der Waals surface area contributed by atoms with Crippen molar-refractivity contribution in [1.29, 1.82) is 0 Å². The van der Waals surface area contributed by atoms with Crippen molar-refractivity contribution in [1.82, 2.24) is 10.2 Å². The smallest absolute Gasteiger partial charge is 0.288 e. The third-order valence-electron chi connectivity index (χ3n) is 6.97. The molecule has 0 fully saturated rings. The van der Waals surface area contributed by atoms with E-state index < -0.39 is 23.5 Å². The van der Waals surface area contributed by atoms with Crippen LogP contribution in [-0.2, 0) is 35.4 Å². The number of Topliss-reactive ketones (excluding diaryl/α,β-unsaturated/α-hetero) is 1. The molecule has 0 spiro atoms. The first-order chi connectivity index (χ1) is 18.7. The molecule has 39 heavy (non-hydrogen) atoms. The maximum Gasteiger partial charge on any atom is 0.288 e. The molecule has 204 valence electrons. The van der Waals surface area contributed by atoms with Crippen molar-refractivity contribution in [3.63, 3.8) is 0 Å². The Morgan fingerprint density at radius 1 is 1.05 bits per heavy atom. The number of nitrogens with two attached hydrogens (primary N) is 2. The summed E-state index contributed by atoms with van der Waals surface area (Å²) in [5, 5.41) is 2.84. The fourth-order valence-electron chi connectivity index (χ4n) is 4.97. The summed E-state index contributed by atoms with van der Waals surface area (Å²) in [5.41, 5.74) is 16.0. The van der Waals surface area contributed by atoms with Gasteiger partial charge in [0.25, 0.3) is 5.91 Å². The van der Waals surface area contributed by atoms with Crippen molar-refractivity contribution in [2.75, 3.05) is 20.1 Å². The zero-order valence-corrected chi connectivity index (χ0v) is 22.6. The van der Waals surface area contributed by atoms with Crippen molar-refractivity contribution in [3.05, 3.63) is 105 Å². The van der Waals surface area contributed by atoms with Crippen LogP contribution in [0.1, 0.15) is 33.9 Å². The predicted octanol–water partition coefficient (Wildman–Crippen LogP) is 3.57. The largest absolute Gasteiger partial charge is 0.370 e. The molecule has 0 aliphatic heterocycles. The van der Waals surface area contributed by atoms with Gasteiger partial charge in [-0.15, -0.1) is 0 Å². The Hall–Kier alpha value is -3.75. The lowest BCUT2D eigenvalue weighted by molar-refractivity contribution is -0.138. The molecular formula is C30H33ClFN5O2. The fourth-order valence-corrected chi connectivity index (χ4v) is 5.09. The van der Waals surface area contributed by atoms with E-state index in [1.807, 2.05) is 12.1 Å². The molecule has 7 nitrogen and oxygen atoms in total. The lowest BCUT2D eigenvalue weighted by atomic mass is 9.99. The van der Waals surface area contributed by atoms with Crippen LogP contribution in [0, 0.1) is 11.7 Å². The standard InChI is InChI=1S/C30H33ClFN5O2/c1-37(12-11-19-5-3-2-4-6-19)18-21-7-9-24-22(13-21)16-23(17-35-30(33)34)28(24)36-29(39)27(38)15-20-8-10-25(31)26(32)14-20/h2-10,13-14,23,28H,11-12,15-18H2,1H3,(H,36,39)(H4,33,34,35)/t23-,28-/m1/s1. The van der Waals surface area contributed by atoms with E-state index in [2.05, 4.69) is 58.7 Å². The van der Waals surface area contributed by atoms with Crippen LogP contribution in [0.5, 0.6) is 0 Å². The molecular weight excluding hydrogens is 517 g/mol. The topological polar surface area (TPSA) is 114 Å². The number of hydrogen-bond acceptors (Lipinski definition) is 4. The van der Waals surface area contributed by atoms with Gasteiger partial charge in [-0.25, -0.2) is 4.39 Å². The molecule has 0 saturated carbocycles. The highest BCUT2D eigenvalue weighted by Gasteiger charge is 2.35. The number of carbonyl (C=O) groups excluding carboxylic acids is 2. The second-order valence-corrected chi connectivity index (χ2v) is 10.4. The van der Waals surface area contributed by atoms with Gasteiger partial charge in [0, 0.05) is 32.0 Å². The number of rotatable bonds is 11. The van der Waals surface area contributed by atoms with Gasteiger partial charge in [0.05, 0.1) is 11.1 Å². The minimum absolute atomic E-state index is 0.0300. The molecule has 0 aromatic heterocycles. The number of guanidine groups is 1. The second-order valence-electron chi connectivity index (χ2n) is 10.0. The Morgan fingerprint density at radius 2 is 1.79 bits per heavy atom. The van der Waals surface area contributed by atoms with Crippen LogP contribution in [0.15, 0.2) is 71.7 Å². The molecule has 0 bridgehead atoms. The number of benzene rings is 3. The van der Waals surface area contributed by atoms with Crippen molar-refractivity contribution >= 4 is 29.3 Å². The van der Waals surface area contributed by atoms with E-state index in [0.29, 0.717) is 18.5 Å². The summed E-state index contributed by atoms with van der Waals surface area (Å²) in [6.45, 7) is 2.02. The van der Waals surface area contributed by atoms with Crippen LogP contribution < -0.4 is 16.8 Å². The summed E-state index contributed by atoms with van der Waals surface area (Å²) in [5.74, 6) is -2.17. The van der Waals surface area contributed by atoms with Gasteiger partial charge in [-0.3, -0.25) is 14.6 Å². The van der Waals surface area contributed by atoms with Gasteiger partial charge >= 0.3 is 0 Å². The predicted molar refractivity (Wildman–Crippen MR) is 152 cm³/mol. The van der Waals surface area contributed by atoms with Gasteiger partial charge < -0.3 is 21.7 Å². The minimum Gasteiger partial charge on any atom is -0.370 e. The second kappa shape index (κ2) is 12.9. The lowest BCUT2D eigenvalue weighted by Gasteiger charge is -2.21. The van der Waals surface area contributed by atoms with Gasteiger partial charge in [-0.05, 0) is 59.8 Å². The van der Waals surface area contributed by atoms with E-state index in [1.54, 1.807) is 0 Å². The number of carbonyl (C=O) groups is 2. The summed E-state index contributed by atoms with van der Waals surface area (Å²) in [6.07, 6.45) is 1.40. The molecule has 0 unspecified atom stereocenters. The van der Waals surface area contributed by atoms with Gasteiger partial charge in [0.15, 0.2) is 5.96 Å². The number of hydrogen-bond donors (Lipinski definition) is 3. The number of fused-ring (bicyclic) bond motifs is 1. The van der Waals surface area contributed by atoms with E-state index in [9.17, 15) is 14.0 Å². The highest BCUT2D eigenvalue weighted by Crippen LogP contribution is 2.37. The van der Waals surface area contributed by atoms with Crippen LogP contribution in [-0.4, -0.2) is 42.7 Å². The van der Waals surface area contributed by atoms with E-state index in [0.717, 1.165) is 36.2 Å². The van der Waals surface area contributed by atoms with Gasteiger partial charge in [-0.2, -0.15) is 0 Å². The average Bonchev–Trinajstić information content (AvgIpc) is 3.25. The van der Waals surface area contributed by atoms with Crippen LogP contribution >= 0.6 is 11.6 Å². The Labute approximate surface area is 233 Å². The highest BCUT2D eigenvalue weighted by molar-refractivity contribution is 6.36. The summed E-state index contributed by atoms with van der Waals surface area (Å²) in [6, 6.07) is 20.2. The number of aliphatic imine (C=N–C) groups is 1. The summed E-state index contributed by atoms with van der Waals surface area (Å²) in [4.78, 5) is 32.0. The minimum atomic E-state index is -0.734. The van der Waals surface area contributed by atoms with E-state index in [4.69, 9.17) is 23.1 Å². The zero-order chi connectivity index (χ0) is 27.9. The Bertz CT molecular complexity index is 1360. The lowest BCUT2D eigenvalue weighted by Crippen LogP contribution is -2.38. The molecule has 9 heteroatoms. The molecule has 0 heterocycles. The summed E-state index contributed by atoms with van der Waals surface area (Å²) >= 11 is 5.72.